The van der Waals surface area contributed by atoms with Crippen molar-refractivity contribution in [3.05, 3.63) is 60.2 Å². The average molecular weight is 409 g/mol. The second-order valence-corrected chi connectivity index (χ2v) is 8.29. The molecule has 0 atom stereocenters. The zero-order valence-corrected chi connectivity index (χ0v) is 17.6. The lowest BCUT2D eigenvalue weighted by Gasteiger charge is -2.36. The Kier molecular flexibility index (Phi) is 7.03. The minimum atomic E-state index is -0.537. The molecule has 30 heavy (non-hydrogen) atoms. The van der Waals surface area contributed by atoms with Gasteiger partial charge in [0.25, 0.3) is 0 Å². The number of nitrogens with one attached hydrogen (secondary N) is 1. The number of benzene rings is 2. The first-order valence-electron chi connectivity index (χ1n) is 11.2. The summed E-state index contributed by atoms with van der Waals surface area (Å²) in [5.41, 5.74) is 1.32. The Morgan fingerprint density at radius 2 is 1.70 bits per heavy atom. The molecule has 5 heteroatoms. The van der Waals surface area contributed by atoms with Crippen molar-refractivity contribution in [3.8, 4) is 5.75 Å². The monoisotopic (exact) mass is 408 g/mol. The van der Waals surface area contributed by atoms with Crippen molar-refractivity contribution in [2.75, 3.05) is 44.8 Å². The molecule has 0 spiro atoms. The second-order valence-electron chi connectivity index (χ2n) is 8.29. The van der Waals surface area contributed by atoms with E-state index in [1.54, 1.807) is 0 Å². The van der Waals surface area contributed by atoms with Crippen LogP contribution in [0.15, 0.2) is 54.6 Å². The molecule has 2 fully saturated rings. The van der Waals surface area contributed by atoms with Crippen LogP contribution in [0.1, 0.15) is 37.7 Å². The van der Waals surface area contributed by atoms with Gasteiger partial charge in [0.05, 0.1) is 12.0 Å². The lowest BCUT2D eigenvalue weighted by atomic mass is 9.73. The maximum absolute atomic E-state index is 13.3. The summed E-state index contributed by atoms with van der Waals surface area (Å²) in [6.45, 7) is 5.49. The molecule has 1 amide bonds. The van der Waals surface area contributed by atoms with E-state index in [1.165, 1.54) is 25.9 Å². The number of likely N-dealkylation sites (tertiary alicyclic amines) is 1. The van der Waals surface area contributed by atoms with Gasteiger partial charge in [0.2, 0.25) is 5.91 Å². The number of rotatable bonds is 8. The Hall–Kier alpha value is -2.37. The third-order valence-corrected chi connectivity index (χ3v) is 6.31. The Labute approximate surface area is 179 Å². The molecule has 1 N–H and O–H groups in total. The van der Waals surface area contributed by atoms with Crippen molar-refractivity contribution in [2.24, 2.45) is 0 Å². The van der Waals surface area contributed by atoms with E-state index in [1.807, 2.05) is 54.6 Å². The van der Waals surface area contributed by atoms with E-state index in [2.05, 4.69) is 10.2 Å². The summed E-state index contributed by atoms with van der Waals surface area (Å²) in [5, 5.41) is 3.13. The highest BCUT2D eigenvalue weighted by atomic mass is 16.5. The van der Waals surface area contributed by atoms with Gasteiger partial charge in [0.15, 0.2) is 0 Å². The molecule has 2 aliphatic rings. The number of amides is 1. The Morgan fingerprint density at radius 3 is 2.40 bits per heavy atom. The van der Waals surface area contributed by atoms with Crippen LogP contribution in [0.4, 0.5) is 5.69 Å². The summed E-state index contributed by atoms with van der Waals surface area (Å²) < 4.78 is 11.4. The molecule has 160 valence electrons. The van der Waals surface area contributed by atoms with Gasteiger partial charge >= 0.3 is 0 Å². The first-order chi connectivity index (χ1) is 14.8. The van der Waals surface area contributed by atoms with Gasteiger partial charge in [-0.3, -0.25) is 4.79 Å². The van der Waals surface area contributed by atoms with Gasteiger partial charge in [-0.15, -0.1) is 0 Å². The van der Waals surface area contributed by atoms with E-state index >= 15 is 0 Å². The van der Waals surface area contributed by atoms with Gasteiger partial charge in [0, 0.05) is 25.4 Å². The van der Waals surface area contributed by atoms with Crippen LogP contribution >= 0.6 is 0 Å². The molecular formula is C25H32N2O3. The number of anilines is 1. The van der Waals surface area contributed by atoms with Gasteiger partial charge < -0.3 is 19.7 Å². The summed E-state index contributed by atoms with van der Waals surface area (Å²) in [5.74, 6) is 0.884. The molecule has 0 aliphatic carbocycles. The topological polar surface area (TPSA) is 50.8 Å². The first-order valence-corrected chi connectivity index (χ1v) is 11.2. The Balaban J connectivity index is 1.33. The van der Waals surface area contributed by atoms with Crippen molar-refractivity contribution in [1.29, 1.82) is 0 Å². The minimum Gasteiger partial charge on any atom is -0.494 e. The molecule has 0 saturated carbocycles. The van der Waals surface area contributed by atoms with Gasteiger partial charge in [-0.25, -0.2) is 0 Å². The molecule has 2 aliphatic heterocycles. The van der Waals surface area contributed by atoms with Gasteiger partial charge in [-0.2, -0.15) is 0 Å². The molecule has 0 radical (unpaired) electrons. The van der Waals surface area contributed by atoms with Gasteiger partial charge in [0.1, 0.15) is 5.75 Å². The molecule has 2 aromatic carbocycles. The van der Waals surface area contributed by atoms with Crippen molar-refractivity contribution in [1.82, 2.24) is 4.90 Å². The first kappa shape index (κ1) is 20.9. The predicted molar refractivity (Wildman–Crippen MR) is 119 cm³/mol. The third-order valence-electron chi connectivity index (χ3n) is 6.31. The van der Waals surface area contributed by atoms with Crippen LogP contribution in [0.25, 0.3) is 0 Å². The van der Waals surface area contributed by atoms with Gasteiger partial charge in [-0.1, -0.05) is 30.3 Å². The van der Waals surface area contributed by atoms with E-state index in [-0.39, 0.29) is 5.91 Å². The number of nitrogens with zero attached hydrogens (tertiary/aromatic N) is 1. The fraction of sp³-hybridized carbons (Fsp3) is 0.480. The Bertz CT molecular complexity index is 795. The predicted octanol–water partition coefficient (Wildman–Crippen LogP) is 4.24. The fourth-order valence-corrected chi connectivity index (χ4v) is 4.49. The lowest BCUT2D eigenvalue weighted by molar-refractivity contribution is -0.125. The number of carbonyl (C=O) groups is 1. The average Bonchev–Trinajstić information content (AvgIpc) is 3.32. The number of hydrogen-bond donors (Lipinski definition) is 1. The summed E-state index contributed by atoms with van der Waals surface area (Å²) in [6, 6.07) is 17.8. The third kappa shape index (κ3) is 5.02. The maximum atomic E-state index is 13.3. The van der Waals surface area contributed by atoms with Crippen LogP contribution in [-0.4, -0.2) is 50.3 Å². The fourth-order valence-electron chi connectivity index (χ4n) is 4.49. The quantitative estimate of drug-likeness (QED) is 0.664. The lowest BCUT2D eigenvalue weighted by Crippen LogP contribution is -2.44. The van der Waals surface area contributed by atoms with E-state index in [0.29, 0.717) is 26.1 Å². The highest BCUT2D eigenvalue weighted by Crippen LogP contribution is 2.36. The second kappa shape index (κ2) is 10.1. The molecule has 5 nitrogen and oxygen atoms in total. The minimum absolute atomic E-state index is 0.0382. The SMILES string of the molecule is O=C(Nc1ccc(OCCCN2CCCC2)cc1)C1(c2ccccc2)CCOCC1. The van der Waals surface area contributed by atoms with Crippen LogP contribution in [0, 0.1) is 0 Å². The smallest absolute Gasteiger partial charge is 0.235 e. The molecular weight excluding hydrogens is 376 g/mol. The van der Waals surface area contributed by atoms with Crippen LogP contribution in [0.3, 0.4) is 0 Å². The molecule has 0 aromatic heterocycles. The van der Waals surface area contributed by atoms with E-state index < -0.39 is 5.41 Å². The summed E-state index contributed by atoms with van der Waals surface area (Å²) >= 11 is 0. The molecule has 4 rings (SSSR count). The molecule has 2 saturated heterocycles. The van der Waals surface area contributed by atoms with Crippen molar-refractivity contribution in [2.45, 2.75) is 37.5 Å². The number of hydrogen-bond acceptors (Lipinski definition) is 4. The van der Waals surface area contributed by atoms with Crippen LogP contribution in [0.5, 0.6) is 5.75 Å². The highest BCUT2D eigenvalue weighted by Gasteiger charge is 2.41. The zero-order valence-electron chi connectivity index (χ0n) is 17.6. The Morgan fingerprint density at radius 1 is 1.00 bits per heavy atom. The highest BCUT2D eigenvalue weighted by molar-refractivity contribution is 5.99. The van der Waals surface area contributed by atoms with Crippen molar-refractivity contribution >= 4 is 11.6 Å². The van der Waals surface area contributed by atoms with E-state index in [9.17, 15) is 4.79 Å². The van der Waals surface area contributed by atoms with Crippen molar-refractivity contribution < 1.29 is 14.3 Å². The van der Waals surface area contributed by atoms with E-state index in [4.69, 9.17) is 9.47 Å². The largest absolute Gasteiger partial charge is 0.494 e. The summed E-state index contributed by atoms with van der Waals surface area (Å²) in [7, 11) is 0. The molecule has 2 heterocycles. The molecule has 0 bridgehead atoms. The van der Waals surface area contributed by atoms with Crippen LogP contribution in [0.2, 0.25) is 0 Å². The van der Waals surface area contributed by atoms with Gasteiger partial charge in [-0.05, 0) is 75.0 Å². The number of ether oxygens (including phenoxy) is 2. The van der Waals surface area contributed by atoms with Crippen LogP contribution < -0.4 is 10.1 Å². The molecule has 0 unspecified atom stereocenters. The standard InChI is InChI=1S/C25H32N2O3/c28-24(25(13-19-29-20-14-25)21-7-2-1-3-8-21)26-22-9-11-23(12-10-22)30-18-6-17-27-15-4-5-16-27/h1-3,7-12H,4-6,13-20H2,(H,26,28). The maximum Gasteiger partial charge on any atom is 0.235 e. The molecule has 2 aromatic rings. The van der Waals surface area contributed by atoms with E-state index in [0.717, 1.165) is 36.6 Å². The number of carbonyl (C=O) groups excluding carboxylic acids is 1. The zero-order chi connectivity index (χ0) is 20.7. The summed E-state index contributed by atoms with van der Waals surface area (Å²) in [6.07, 6.45) is 5.08. The normalized spacial score (nSPS) is 18.8. The summed E-state index contributed by atoms with van der Waals surface area (Å²) in [4.78, 5) is 15.8. The van der Waals surface area contributed by atoms with Crippen molar-refractivity contribution in [3.63, 3.8) is 0 Å². The van der Waals surface area contributed by atoms with Crippen LogP contribution in [-0.2, 0) is 14.9 Å².